The molecule has 0 aromatic heterocycles. The predicted molar refractivity (Wildman–Crippen MR) is 93.3 cm³/mol. The standard InChI is InChI=1S/C13H20N4O6S.ClH/c1-23-8-7-14-10-13(18)15-5-6-16-24(21,22)12-4-2-3-11(9-12)17(19)20;/h2-4,9,14,16H,5-8,10H2,1H3,(H,15,18);1H. The highest BCUT2D eigenvalue weighted by Gasteiger charge is 2.17. The molecule has 0 spiro atoms. The van der Waals surface area contributed by atoms with E-state index in [2.05, 4.69) is 15.4 Å². The lowest BCUT2D eigenvalue weighted by Crippen LogP contribution is -2.39. The van der Waals surface area contributed by atoms with Gasteiger partial charge in [-0.3, -0.25) is 14.9 Å². The first-order valence-corrected chi connectivity index (χ1v) is 8.55. The van der Waals surface area contributed by atoms with Crippen LogP contribution in [0.5, 0.6) is 0 Å². The Morgan fingerprint density at radius 2 is 2.00 bits per heavy atom. The number of carbonyl (C=O) groups excluding carboxylic acids is 1. The van der Waals surface area contributed by atoms with Crippen molar-refractivity contribution in [3.05, 3.63) is 34.4 Å². The minimum Gasteiger partial charge on any atom is -0.383 e. The van der Waals surface area contributed by atoms with Crippen LogP contribution in [0.4, 0.5) is 5.69 Å². The van der Waals surface area contributed by atoms with Crippen molar-refractivity contribution in [3.63, 3.8) is 0 Å². The number of rotatable bonds is 11. The topological polar surface area (TPSA) is 140 Å². The molecule has 0 bridgehead atoms. The third-order valence-electron chi connectivity index (χ3n) is 2.85. The summed E-state index contributed by atoms with van der Waals surface area (Å²) in [6.45, 7) is 1.18. The van der Waals surface area contributed by atoms with Gasteiger partial charge in [-0.05, 0) is 6.07 Å². The second-order valence-electron chi connectivity index (χ2n) is 4.67. The van der Waals surface area contributed by atoms with E-state index in [4.69, 9.17) is 4.74 Å². The molecule has 12 heteroatoms. The highest BCUT2D eigenvalue weighted by molar-refractivity contribution is 7.89. The molecule has 0 fully saturated rings. The quantitative estimate of drug-likeness (QED) is 0.264. The average Bonchev–Trinajstić information content (AvgIpc) is 2.56. The lowest BCUT2D eigenvalue weighted by Gasteiger charge is -2.08. The fraction of sp³-hybridized carbons (Fsp3) is 0.462. The third-order valence-corrected chi connectivity index (χ3v) is 4.31. The van der Waals surface area contributed by atoms with Crippen molar-refractivity contribution in [1.29, 1.82) is 0 Å². The summed E-state index contributed by atoms with van der Waals surface area (Å²) in [6, 6.07) is 4.73. The molecule has 10 nitrogen and oxygen atoms in total. The lowest BCUT2D eigenvalue weighted by atomic mass is 10.3. The van der Waals surface area contributed by atoms with Gasteiger partial charge in [-0.2, -0.15) is 0 Å². The van der Waals surface area contributed by atoms with Crippen molar-refractivity contribution in [2.75, 3.05) is 39.9 Å². The number of nitro benzene ring substituents is 1. The van der Waals surface area contributed by atoms with Gasteiger partial charge in [-0.1, -0.05) is 6.07 Å². The molecule has 0 heterocycles. The Morgan fingerprint density at radius 3 is 2.64 bits per heavy atom. The zero-order chi connectivity index (χ0) is 18.0. The number of sulfonamides is 1. The Hall–Kier alpha value is -1.79. The van der Waals surface area contributed by atoms with Crippen LogP contribution in [0.2, 0.25) is 0 Å². The number of carbonyl (C=O) groups is 1. The number of ether oxygens (including phenoxy) is 1. The maximum Gasteiger partial charge on any atom is 0.270 e. The van der Waals surface area contributed by atoms with Crippen LogP contribution < -0.4 is 15.4 Å². The zero-order valence-electron chi connectivity index (χ0n) is 13.6. The summed E-state index contributed by atoms with van der Waals surface area (Å²) in [5.74, 6) is -0.277. The van der Waals surface area contributed by atoms with E-state index in [1.54, 1.807) is 7.11 Å². The summed E-state index contributed by atoms with van der Waals surface area (Å²) in [6.07, 6.45) is 0. The SMILES string of the molecule is COCCNCC(=O)NCCNS(=O)(=O)c1cccc([N+](=O)[O-])c1.Cl. The molecule has 1 aromatic carbocycles. The largest absolute Gasteiger partial charge is 0.383 e. The van der Waals surface area contributed by atoms with Gasteiger partial charge in [-0.15, -0.1) is 12.4 Å². The average molecular weight is 397 g/mol. The number of hydrogen-bond donors (Lipinski definition) is 3. The van der Waals surface area contributed by atoms with E-state index in [0.29, 0.717) is 13.2 Å². The summed E-state index contributed by atoms with van der Waals surface area (Å²) >= 11 is 0. The Morgan fingerprint density at radius 1 is 1.28 bits per heavy atom. The van der Waals surface area contributed by atoms with Gasteiger partial charge in [0.15, 0.2) is 0 Å². The smallest absolute Gasteiger partial charge is 0.270 e. The summed E-state index contributed by atoms with van der Waals surface area (Å²) in [4.78, 5) is 21.3. The zero-order valence-corrected chi connectivity index (χ0v) is 15.2. The number of non-ortho nitro benzene ring substituents is 1. The van der Waals surface area contributed by atoms with Gasteiger partial charge in [0.05, 0.1) is 23.0 Å². The number of nitrogens with one attached hydrogen (secondary N) is 3. The van der Waals surface area contributed by atoms with E-state index in [0.717, 1.165) is 6.07 Å². The van der Waals surface area contributed by atoms with Crippen LogP contribution in [-0.4, -0.2) is 59.1 Å². The van der Waals surface area contributed by atoms with Crippen molar-refractivity contribution in [1.82, 2.24) is 15.4 Å². The molecule has 0 aliphatic carbocycles. The van der Waals surface area contributed by atoms with Crippen LogP contribution in [0, 0.1) is 10.1 Å². The van der Waals surface area contributed by atoms with E-state index in [-0.39, 0.29) is 48.5 Å². The molecule has 1 rings (SSSR count). The van der Waals surface area contributed by atoms with Crippen LogP contribution in [0.3, 0.4) is 0 Å². The van der Waals surface area contributed by atoms with Crippen LogP contribution in [0.1, 0.15) is 0 Å². The molecule has 0 saturated carbocycles. The monoisotopic (exact) mass is 396 g/mol. The molecule has 0 unspecified atom stereocenters. The number of hydrogen-bond acceptors (Lipinski definition) is 7. The van der Waals surface area contributed by atoms with E-state index >= 15 is 0 Å². The summed E-state index contributed by atoms with van der Waals surface area (Å²) in [5.41, 5.74) is -0.312. The number of halogens is 1. The number of methoxy groups -OCH3 is 1. The van der Waals surface area contributed by atoms with Gasteiger partial charge in [-0.25, -0.2) is 13.1 Å². The maximum absolute atomic E-state index is 12.0. The number of nitro groups is 1. The van der Waals surface area contributed by atoms with Crippen molar-refractivity contribution < 1.29 is 22.9 Å². The van der Waals surface area contributed by atoms with E-state index in [1.807, 2.05) is 0 Å². The van der Waals surface area contributed by atoms with Crippen LogP contribution >= 0.6 is 12.4 Å². The fourth-order valence-electron chi connectivity index (χ4n) is 1.67. The maximum atomic E-state index is 12.0. The van der Waals surface area contributed by atoms with E-state index in [1.165, 1.54) is 18.2 Å². The van der Waals surface area contributed by atoms with Crippen LogP contribution in [0.25, 0.3) is 0 Å². The highest BCUT2D eigenvalue weighted by Crippen LogP contribution is 2.16. The summed E-state index contributed by atoms with van der Waals surface area (Å²) in [5, 5.41) is 16.1. The normalized spacial score (nSPS) is 10.8. The van der Waals surface area contributed by atoms with Gasteiger partial charge in [0, 0.05) is 38.9 Å². The predicted octanol–water partition coefficient (Wildman–Crippen LogP) is -0.353. The van der Waals surface area contributed by atoms with Crippen molar-refractivity contribution in [2.45, 2.75) is 4.90 Å². The Bertz CT molecular complexity index is 670. The first-order chi connectivity index (χ1) is 11.4. The number of benzene rings is 1. The van der Waals surface area contributed by atoms with Gasteiger partial charge >= 0.3 is 0 Å². The second kappa shape index (κ2) is 11.7. The Labute approximate surface area is 151 Å². The summed E-state index contributed by atoms with van der Waals surface area (Å²) in [7, 11) is -2.33. The fourth-order valence-corrected chi connectivity index (χ4v) is 2.74. The van der Waals surface area contributed by atoms with Gasteiger partial charge in [0.1, 0.15) is 0 Å². The molecular formula is C13H21ClN4O6S. The first kappa shape index (κ1) is 23.2. The lowest BCUT2D eigenvalue weighted by molar-refractivity contribution is -0.385. The number of nitrogens with zero attached hydrogens (tertiary/aromatic N) is 1. The first-order valence-electron chi connectivity index (χ1n) is 7.07. The van der Waals surface area contributed by atoms with Gasteiger partial charge < -0.3 is 15.4 Å². The van der Waals surface area contributed by atoms with Crippen LogP contribution in [0.15, 0.2) is 29.2 Å². The molecule has 0 atom stereocenters. The van der Waals surface area contributed by atoms with E-state index < -0.39 is 14.9 Å². The molecule has 0 aliphatic rings. The molecule has 25 heavy (non-hydrogen) atoms. The van der Waals surface area contributed by atoms with Crippen molar-refractivity contribution in [3.8, 4) is 0 Å². The summed E-state index contributed by atoms with van der Waals surface area (Å²) < 4.78 is 31.1. The minimum absolute atomic E-state index is 0. The highest BCUT2D eigenvalue weighted by atomic mass is 35.5. The minimum atomic E-state index is -3.88. The molecule has 1 amide bonds. The van der Waals surface area contributed by atoms with E-state index in [9.17, 15) is 23.3 Å². The second-order valence-corrected chi connectivity index (χ2v) is 6.44. The van der Waals surface area contributed by atoms with Crippen LogP contribution in [-0.2, 0) is 19.6 Å². The molecular weight excluding hydrogens is 376 g/mol. The Kier molecular flexibility index (Phi) is 10.9. The molecule has 3 N–H and O–H groups in total. The number of amides is 1. The third kappa shape index (κ3) is 8.74. The molecule has 0 saturated heterocycles. The van der Waals surface area contributed by atoms with Gasteiger partial charge in [0.2, 0.25) is 15.9 Å². The molecule has 0 aliphatic heterocycles. The van der Waals surface area contributed by atoms with Gasteiger partial charge in [0.25, 0.3) is 5.69 Å². The molecule has 142 valence electrons. The molecule has 0 radical (unpaired) electrons. The van der Waals surface area contributed by atoms with Crippen molar-refractivity contribution >= 4 is 34.0 Å². The van der Waals surface area contributed by atoms with Crippen molar-refractivity contribution in [2.24, 2.45) is 0 Å². The molecule has 1 aromatic rings. The Balaban J connectivity index is 0.00000576.